The summed E-state index contributed by atoms with van der Waals surface area (Å²) < 4.78 is 26.3. The number of sulfonamides is 1. The van der Waals surface area contributed by atoms with Crippen LogP contribution in [0.15, 0.2) is 30.3 Å². The first-order valence-electron chi connectivity index (χ1n) is 6.24. The molecule has 2 atom stereocenters. The van der Waals surface area contributed by atoms with Crippen molar-refractivity contribution >= 4 is 10.0 Å². The molecule has 2 aliphatic rings. The molecular weight excluding hydrogens is 234 g/mol. The van der Waals surface area contributed by atoms with Gasteiger partial charge in [0, 0.05) is 12.1 Å². The SMILES string of the molecule is O=S(=O)(Cc1ccccc1)N1C2CCCCC21. The maximum atomic E-state index is 12.3. The molecule has 4 heteroatoms. The highest BCUT2D eigenvalue weighted by Gasteiger charge is 2.54. The summed E-state index contributed by atoms with van der Waals surface area (Å²) in [6, 6.07) is 10.1. The fraction of sp³-hybridized carbons (Fsp3) is 0.538. The molecule has 1 saturated heterocycles. The zero-order valence-corrected chi connectivity index (χ0v) is 10.6. The lowest BCUT2D eigenvalue weighted by Crippen LogP contribution is -2.17. The topological polar surface area (TPSA) is 37.1 Å². The molecule has 1 aromatic rings. The third kappa shape index (κ3) is 2.11. The maximum Gasteiger partial charge on any atom is 0.218 e. The molecule has 0 radical (unpaired) electrons. The Morgan fingerprint density at radius 3 is 2.24 bits per heavy atom. The molecule has 0 aromatic heterocycles. The van der Waals surface area contributed by atoms with Gasteiger partial charge in [-0.3, -0.25) is 0 Å². The van der Waals surface area contributed by atoms with Gasteiger partial charge in [0.25, 0.3) is 0 Å². The Morgan fingerprint density at radius 2 is 1.65 bits per heavy atom. The average Bonchev–Trinajstić information content (AvgIpc) is 3.04. The van der Waals surface area contributed by atoms with Crippen molar-refractivity contribution in [2.45, 2.75) is 43.5 Å². The Hall–Kier alpha value is -0.870. The van der Waals surface area contributed by atoms with E-state index in [0.717, 1.165) is 18.4 Å². The van der Waals surface area contributed by atoms with Crippen LogP contribution >= 0.6 is 0 Å². The lowest BCUT2D eigenvalue weighted by atomic mass is 10.0. The van der Waals surface area contributed by atoms with Crippen LogP contribution in [0.2, 0.25) is 0 Å². The summed E-state index contributed by atoms with van der Waals surface area (Å²) in [6.45, 7) is 0. The van der Waals surface area contributed by atoms with E-state index in [1.54, 1.807) is 4.31 Å². The van der Waals surface area contributed by atoms with Gasteiger partial charge in [-0.2, -0.15) is 4.31 Å². The molecule has 17 heavy (non-hydrogen) atoms. The summed E-state index contributed by atoms with van der Waals surface area (Å²) in [5.41, 5.74) is 0.885. The van der Waals surface area contributed by atoms with Crippen LogP contribution in [0.25, 0.3) is 0 Å². The lowest BCUT2D eigenvalue weighted by Gasteiger charge is -2.05. The summed E-state index contributed by atoms with van der Waals surface area (Å²) in [5, 5.41) is 0. The standard InChI is InChI=1S/C13H17NO2S/c15-17(16,10-11-6-2-1-3-7-11)14-12-8-4-5-9-13(12)14/h1-3,6-7,12-13H,4-5,8-10H2. The van der Waals surface area contributed by atoms with Crippen molar-refractivity contribution in [2.24, 2.45) is 0 Å². The molecule has 0 bridgehead atoms. The van der Waals surface area contributed by atoms with Crippen molar-refractivity contribution < 1.29 is 8.42 Å². The minimum absolute atomic E-state index is 0.154. The van der Waals surface area contributed by atoms with E-state index in [1.807, 2.05) is 30.3 Å². The smallest absolute Gasteiger partial charge is 0.212 e. The Kier molecular flexibility index (Phi) is 2.71. The van der Waals surface area contributed by atoms with Crippen LogP contribution in [0.4, 0.5) is 0 Å². The summed E-state index contributed by atoms with van der Waals surface area (Å²) in [7, 11) is -3.09. The molecule has 1 saturated carbocycles. The predicted molar refractivity (Wildman–Crippen MR) is 66.9 cm³/mol. The molecule has 1 heterocycles. The molecule has 0 amide bonds. The van der Waals surface area contributed by atoms with Gasteiger partial charge in [-0.25, -0.2) is 8.42 Å². The van der Waals surface area contributed by atoms with E-state index in [-0.39, 0.29) is 5.75 Å². The van der Waals surface area contributed by atoms with E-state index in [2.05, 4.69) is 0 Å². The van der Waals surface area contributed by atoms with Crippen molar-refractivity contribution in [3.8, 4) is 0 Å². The number of benzene rings is 1. The monoisotopic (exact) mass is 251 g/mol. The first-order chi connectivity index (χ1) is 8.18. The Labute approximate surface area is 102 Å². The molecule has 2 unspecified atom stereocenters. The molecule has 0 N–H and O–H groups in total. The third-order valence-electron chi connectivity index (χ3n) is 3.77. The van der Waals surface area contributed by atoms with Gasteiger partial charge in [0.05, 0.1) is 5.75 Å². The van der Waals surface area contributed by atoms with Gasteiger partial charge in [0.15, 0.2) is 0 Å². The van der Waals surface area contributed by atoms with Crippen LogP contribution < -0.4 is 0 Å². The largest absolute Gasteiger partial charge is 0.218 e. The van der Waals surface area contributed by atoms with Gasteiger partial charge >= 0.3 is 0 Å². The second kappa shape index (κ2) is 4.10. The van der Waals surface area contributed by atoms with Gasteiger partial charge < -0.3 is 0 Å². The Balaban J connectivity index is 1.75. The Bertz CT molecular complexity index is 485. The average molecular weight is 251 g/mol. The molecule has 1 aromatic carbocycles. The van der Waals surface area contributed by atoms with Gasteiger partial charge in [-0.15, -0.1) is 0 Å². The highest BCUT2D eigenvalue weighted by atomic mass is 32.2. The van der Waals surface area contributed by atoms with Crippen molar-refractivity contribution in [1.82, 2.24) is 4.31 Å². The van der Waals surface area contributed by atoms with E-state index < -0.39 is 10.0 Å². The van der Waals surface area contributed by atoms with Crippen LogP contribution in [-0.2, 0) is 15.8 Å². The zero-order valence-electron chi connectivity index (χ0n) is 9.75. The highest BCUT2D eigenvalue weighted by molar-refractivity contribution is 7.88. The Morgan fingerprint density at radius 1 is 1.06 bits per heavy atom. The quantitative estimate of drug-likeness (QED) is 0.772. The molecule has 1 aliphatic heterocycles. The molecule has 92 valence electrons. The highest BCUT2D eigenvalue weighted by Crippen LogP contribution is 2.43. The van der Waals surface area contributed by atoms with E-state index in [0.29, 0.717) is 12.1 Å². The first-order valence-corrected chi connectivity index (χ1v) is 7.84. The third-order valence-corrected chi connectivity index (χ3v) is 5.65. The molecule has 0 spiro atoms. The number of fused-ring (bicyclic) bond motifs is 1. The number of nitrogens with zero attached hydrogens (tertiary/aromatic N) is 1. The minimum atomic E-state index is -3.09. The second-order valence-corrected chi connectivity index (χ2v) is 6.87. The van der Waals surface area contributed by atoms with E-state index in [9.17, 15) is 8.42 Å². The van der Waals surface area contributed by atoms with Crippen molar-refractivity contribution in [3.63, 3.8) is 0 Å². The van der Waals surface area contributed by atoms with Gasteiger partial charge in [-0.1, -0.05) is 43.2 Å². The normalized spacial score (nSPS) is 31.9. The zero-order chi connectivity index (χ0) is 11.9. The lowest BCUT2D eigenvalue weighted by molar-refractivity contribution is 0.544. The molecular formula is C13H17NO2S. The van der Waals surface area contributed by atoms with Crippen LogP contribution in [0.1, 0.15) is 31.2 Å². The number of hydrogen-bond donors (Lipinski definition) is 0. The van der Waals surface area contributed by atoms with Crippen molar-refractivity contribution in [1.29, 1.82) is 0 Å². The number of rotatable bonds is 3. The second-order valence-electron chi connectivity index (χ2n) is 4.99. The maximum absolute atomic E-state index is 12.3. The summed E-state index contributed by atoms with van der Waals surface area (Å²) in [4.78, 5) is 0. The van der Waals surface area contributed by atoms with Crippen LogP contribution in [0.5, 0.6) is 0 Å². The van der Waals surface area contributed by atoms with Crippen LogP contribution in [0.3, 0.4) is 0 Å². The fourth-order valence-electron chi connectivity index (χ4n) is 2.93. The molecule has 3 rings (SSSR count). The molecule has 2 fully saturated rings. The van der Waals surface area contributed by atoms with E-state index in [1.165, 1.54) is 12.8 Å². The summed E-state index contributed by atoms with van der Waals surface area (Å²) >= 11 is 0. The van der Waals surface area contributed by atoms with E-state index in [4.69, 9.17) is 0 Å². The van der Waals surface area contributed by atoms with Gasteiger partial charge in [-0.05, 0) is 18.4 Å². The van der Waals surface area contributed by atoms with E-state index >= 15 is 0 Å². The minimum Gasteiger partial charge on any atom is -0.212 e. The number of hydrogen-bond acceptors (Lipinski definition) is 2. The molecule has 3 nitrogen and oxygen atoms in total. The van der Waals surface area contributed by atoms with Crippen molar-refractivity contribution in [3.05, 3.63) is 35.9 Å². The van der Waals surface area contributed by atoms with Gasteiger partial charge in [0.2, 0.25) is 10.0 Å². The predicted octanol–water partition coefficient (Wildman–Crippen LogP) is 2.14. The first kappa shape index (κ1) is 11.2. The van der Waals surface area contributed by atoms with Crippen molar-refractivity contribution in [2.75, 3.05) is 0 Å². The summed E-state index contributed by atoms with van der Waals surface area (Å²) in [6.07, 6.45) is 4.47. The molecule has 1 aliphatic carbocycles. The van der Waals surface area contributed by atoms with Crippen LogP contribution in [-0.4, -0.2) is 24.8 Å². The van der Waals surface area contributed by atoms with Crippen LogP contribution in [0, 0.1) is 0 Å². The fourth-order valence-corrected chi connectivity index (χ4v) is 4.95. The van der Waals surface area contributed by atoms with Gasteiger partial charge in [0.1, 0.15) is 0 Å². The summed E-state index contributed by atoms with van der Waals surface area (Å²) in [5.74, 6) is 0.154.